The molecule has 0 fully saturated rings. The van der Waals surface area contributed by atoms with Crippen LogP contribution in [0.2, 0.25) is 5.02 Å². The van der Waals surface area contributed by atoms with Crippen molar-refractivity contribution in [3.05, 3.63) is 46.3 Å². The van der Waals surface area contributed by atoms with E-state index in [2.05, 4.69) is 30.8 Å². The fourth-order valence-corrected chi connectivity index (χ4v) is 4.38. The van der Waals surface area contributed by atoms with Crippen LogP contribution in [-0.4, -0.2) is 72.7 Å². The van der Waals surface area contributed by atoms with Crippen LogP contribution >= 0.6 is 11.6 Å². The van der Waals surface area contributed by atoms with Gasteiger partial charge in [0.25, 0.3) is 11.8 Å². The van der Waals surface area contributed by atoms with Crippen molar-refractivity contribution < 1.29 is 18.8 Å². The maximum atomic E-state index is 13.5. The summed E-state index contributed by atoms with van der Waals surface area (Å²) in [6.45, 7) is 9.22. The molecule has 2 heterocycles. The van der Waals surface area contributed by atoms with Gasteiger partial charge in [0.15, 0.2) is 5.69 Å². The number of methoxy groups -OCH3 is 1. The lowest BCUT2D eigenvalue weighted by atomic mass is 10.1. The van der Waals surface area contributed by atoms with Gasteiger partial charge in [-0.25, -0.2) is 0 Å². The molecule has 0 N–H and O–H groups in total. The second kappa shape index (κ2) is 12.3. The Balaban J connectivity index is 2.00. The number of amides is 2. The molecule has 3 rings (SSSR count). The van der Waals surface area contributed by atoms with E-state index in [0.29, 0.717) is 47.8 Å². The number of hydrogen-bond donors (Lipinski definition) is 0. The van der Waals surface area contributed by atoms with Gasteiger partial charge in [-0.1, -0.05) is 29.7 Å². The van der Waals surface area contributed by atoms with E-state index in [9.17, 15) is 9.59 Å². The first kappa shape index (κ1) is 26.2. The highest BCUT2D eigenvalue weighted by Gasteiger charge is 2.26. The Labute approximate surface area is 206 Å². The summed E-state index contributed by atoms with van der Waals surface area (Å²) < 4.78 is 10.5. The van der Waals surface area contributed by atoms with Crippen LogP contribution in [0.15, 0.2) is 28.8 Å². The quantitative estimate of drug-likeness (QED) is 0.608. The summed E-state index contributed by atoms with van der Waals surface area (Å²) in [6.07, 6.45) is 2.44. The SMILES string of the molecule is CCCc1cc(C(=O)N2CCN(C(C)C)CCCN(C(=O)COC)c3cc(Cl)ccc3C2)no1. The lowest BCUT2D eigenvalue weighted by Crippen LogP contribution is -2.41. The molecule has 2 aromatic rings. The van der Waals surface area contributed by atoms with E-state index < -0.39 is 0 Å². The summed E-state index contributed by atoms with van der Waals surface area (Å²) in [5.41, 5.74) is 1.85. The summed E-state index contributed by atoms with van der Waals surface area (Å²) >= 11 is 6.33. The number of anilines is 1. The summed E-state index contributed by atoms with van der Waals surface area (Å²) in [5, 5.41) is 4.57. The molecular formula is C25H35ClN4O4. The zero-order valence-electron chi connectivity index (χ0n) is 20.6. The molecule has 1 aromatic heterocycles. The number of carbonyl (C=O) groups is 2. The lowest BCUT2D eigenvalue weighted by molar-refractivity contribution is -0.122. The minimum Gasteiger partial charge on any atom is -0.375 e. The van der Waals surface area contributed by atoms with Crippen molar-refractivity contribution in [1.82, 2.24) is 15.0 Å². The zero-order valence-corrected chi connectivity index (χ0v) is 21.3. The van der Waals surface area contributed by atoms with E-state index in [1.165, 1.54) is 7.11 Å². The number of rotatable bonds is 6. The van der Waals surface area contributed by atoms with E-state index in [1.807, 2.05) is 6.07 Å². The number of aromatic nitrogens is 1. The minimum absolute atomic E-state index is 0.0262. The number of nitrogens with zero attached hydrogens (tertiary/aromatic N) is 4. The van der Waals surface area contributed by atoms with Crippen molar-refractivity contribution in [1.29, 1.82) is 0 Å². The Morgan fingerprint density at radius 2 is 1.97 bits per heavy atom. The molecule has 9 heteroatoms. The molecule has 0 saturated heterocycles. The summed E-state index contributed by atoms with van der Waals surface area (Å²) in [4.78, 5) is 32.3. The normalized spacial score (nSPS) is 15.8. The van der Waals surface area contributed by atoms with Crippen LogP contribution in [0.1, 0.15) is 55.4 Å². The first-order chi connectivity index (χ1) is 16.3. The molecule has 0 radical (unpaired) electrons. The third-order valence-electron chi connectivity index (χ3n) is 6.04. The molecular weight excluding hydrogens is 456 g/mol. The van der Waals surface area contributed by atoms with Crippen LogP contribution in [0.4, 0.5) is 5.69 Å². The fourth-order valence-electron chi connectivity index (χ4n) is 4.21. The number of ether oxygens (including phenoxy) is 1. The van der Waals surface area contributed by atoms with Gasteiger partial charge in [0, 0.05) is 63.4 Å². The van der Waals surface area contributed by atoms with Crippen molar-refractivity contribution in [3.8, 4) is 0 Å². The maximum Gasteiger partial charge on any atom is 0.276 e. The van der Waals surface area contributed by atoms with E-state index in [4.69, 9.17) is 20.9 Å². The summed E-state index contributed by atoms with van der Waals surface area (Å²) in [7, 11) is 1.51. The van der Waals surface area contributed by atoms with Gasteiger partial charge in [-0.3, -0.25) is 14.5 Å². The van der Waals surface area contributed by atoms with E-state index in [0.717, 1.165) is 37.9 Å². The minimum atomic E-state index is -0.190. The van der Waals surface area contributed by atoms with Gasteiger partial charge in [-0.15, -0.1) is 0 Å². The van der Waals surface area contributed by atoms with Crippen LogP contribution in [0.3, 0.4) is 0 Å². The topological polar surface area (TPSA) is 79.1 Å². The molecule has 186 valence electrons. The third kappa shape index (κ3) is 6.58. The second-order valence-electron chi connectivity index (χ2n) is 8.89. The number of benzene rings is 1. The molecule has 0 bridgehead atoms. The van der Waals surface area contributed by atoms with Crippen LogP contribution < -0.4 is 4.90 Å². The van der Waals surface area contributed by atoms with Crippen molar-refractivity contribution in [3.63, 3.8) is 0 Å². The van der Waals surface area contributed by atoms with Gasteiger partial charge in [-0.2, -0.15) is 0 Å². The molecule has 0 spiro atoms. The Hall–Kier alpha value is -2.42. The maximum absolute atomic E-state index is 13.5. The van der Waals surface area contributed by atoms with E-state index in [1.54, 1.807) is 28.0 Å². The van der Waals surface area contributed by atoms with Crippen LogP contribution in [0.5, 0.6) is 0 Å². The number of halogens is 1. The smallest absolute Gasteiger partial charge is 0.276 e. The molecule has 1 aliphatic heterocycles. The highest BCUT2D eigenvalue weighted by atomic mass is 35.5. The monoisotopic (exact) mass is 490 g/mol. The molecule has 1 aromatic carbocycles. The summed E-state index contributed by atoms with van der Waals surface area (Å²) in [5.74, 6) is 0.376. The van der Waals surface area contributed by atoms with Gasteiger partial charge in [0.2, 0.25) is 0 Å². The predicted molar refractivity (Wildman–Crippen MR) is 132 cm³/mol. The van der Waals surface area contributed by atoms with Crippen molar-refractivity contribution in [2.45, 2.75) is 52.6 Å². The van der Waals surface area contributed by atoms with E-state index >= 15 is 0 Å². The molecule has 1 aliphatic rings. The molecule has 0 aliphatic carbocycles. The average molecular weight is 491 g/mol. The van der Waals surface area contributed by atoms with Crippen molar-refractivity contribution >= 4 is 29.1 Å². The molecule has 0 unspecified atom stereocenters. The molecule has 2 amide bonds. The molecule has 34 heavy (non-hydrogen) atoms. The van der Waals surface area contributed by atoms with Gasteiger partial charge in [0.05, 0.1) is 5.69 Å². The zero-order chi connectivity index (χ0) is 24.7. The van der Waals surface area contributed by atoms with Gasteiger partial charge < -0.3 is 19.1 Å². The standard InChI is InChI=1S/C25H35ClN4O4/c1-5-7-21-15-22(27-34-21)25(32)29-13-12-28(18(2)3)10-6-11-30(24(31)17-33-4)23-14-20(26)9-8-19(23)16-29/h8-9,14-15,18H,5-7,10-13,16-17H2,1-4H3. The van der Waals surface area contributed by atoms with Crippen LogP contribution in [0.25, 0.3) is 0 Å². The van der Waals surface area contributed by atoms with Gasteiger partial charge >= 0.3 is 0 Å². The highest BCUT2D eigenvalue weighted by molar-refractivity contribution is 6.31. The predicted octanol–water partition coefficient (Wildman–Crippen LogP) is 4.02. The summed E-state index contributed by atoms with van der Waals surface area (Å²) in [6, 6.07) is 7.50. The molecule has 0 atom stereocenters. The Bertz CT molecular complexity index is 978. The Kier molecular flexibility index (Phi) is 9.50. The number of hydrogen-bond acceptors (Lipinski definition) is 6. The van der Waals surface area contributed by atoms with E-state index in [-0.39, 0.29) is 18.4 Å². The number of fused-ring (bicyclic) bond motifs is 1. The van der Waals surface area contributed by atoms with Crippen LogP contribution in [-0.2, 0) is 22.5 Å². The van der Waals surface area contributed by atoms with Gasteiger partial charge in [-0.05, 0) is 44.4 Å². The second-order valence-corrected chi connectivity index (χ2v) is 9.33. The average Bonchev–Trinajstić information content (AvgIpc) is 3.25. The highest BCUT2D eigenvalue weighted by Crippen LogP contribution is 2.28. The Morgan fingerprint density at radius 1 is 1.18 bits per heavy atom. The van der Waals surface area contributed by atoms with Gasteiger partial charge in [0.1, 0.15) is 12.4 Å². The largest absolute Gasteiger partial charge is 0.375 e. The van der Waals surface area contributed by atoms with Crippen molar-refractivity contribution in [2.24, 2.45) is 0 Å². The molecule has 0 saturated carbocycles. The Morgan fingerprint density at radius 3 is 2.68 bits per heavy atom. The fraction of sp³-hybridized carbons (Fsp3) is 0.560. The third-order valence-corrected chi connectivity index (χ3v) is 6.28. The molecule has 8 nitrogen and oxygen atoms in total. The number of aryl methyl sites for hydroxylation is 1. The first-order valence-corrected chi connectivity index (χ1v) is 12.3. The first-order valence-electron chi connectivity index (χ1n) is 11.9. The lowest BCUT2D eigenvalue weighted by Gasteiger charge is -2.29. The van der Waals surface area contributed by atoms with Crippen molar-refractivity contribution in [2.75, 3.05) is 44.8 Å². The number of carbonyl (C=O) groups excluding carboxylic acids is 2. The van der Waals surface area contributed by atoms with Crippen LogP contribution in [0, 0.1) is 0 Å².